The molecule has 0 amide bonds. The summed E-state index contributed by atoms with van der Waals surface area (Å²) < 4.78 is 76.5. The molecule has 0 saturated carbocycles. The van der Waals surface area contributed by atoms with Crippen LogP contribution in [0.15, 0.2) is 18.2 Å². The molecule has 0 spiro atoms. The minimum Gasteiger partial charge on any atom is -0.390 e. The summed E-state index contributed by atoms with van der Waals surface area (Å²) in [4.78, 5) is 0. The van der Waals surface area contributed by atoms with Crippen molar-refractivity contribution in [1.29, 1.82) is 0 Å². The van der Waals surface area contributed by atoms with Gasteiger partial charge >= 0.3 is 6.18 Å². The fourth-order valence-corrected chi connectivity index (χ4v) is 1.37. The molecule has 0 aliphatic carbocycles. The zero-order valence-corrected chi connectivity index (χ0v) is 8.81. The van der Waals surface area contributed by atoms with Gasteiger partial charge in [-0.25, -0.2) is 13.2 Å². The highest BCUT2D eigenvalue weighted by molar-refractivity contribution is 5.34. The fourth-order valence-electron chi connectivity index (χ4n) is 1.37. The predicted molar refractivity (Wildman–Crippen MR) is 50.4 cm³/mol. The van der Waals surface area contributed by atoms with Gasteiger partial charge in [-0.2, -0.15) is 13.2 Å². The molecule has 3 N–H and O–H groups in total. The van der Waals surface area contributed by atoms with Crippen molar-refractivity contribution in [3.05, 3.63) is 35.1 Å². The van der Waals surface area contributed by atoms with Crippen molar-refractivity contribution >= 4 is 0 Å². The first-order chi connectivity index (χ1) is 8.09. The molecule has 1 rings (SSSR count). The Kier molecular flexibility index (Phi) is 3.92. The second kappa shape index (κ2) is 4.77. The Morgan fingerprint density at radius 1 is 1.17 bits per heavy atom. The molecule has 0 fully saturated rings. The number of alkyl halides is 5. The maximum absolute atomic E-state index is 13.1. The van der Waals surface area contributed by atoms with Crippen LogP contribution in [0.5, 0.6) is 0 Å². The Labute approximate surface area is 98.0 Å². The minimum atomic E-state index is -5.01. The maximum Gasteiger partial charge on any atom is 0.416 e. The largest absolute Gasteiger partial charge is 0.416 e. The second-order valence-corrected chi connectivity index (χ2v) is 3.63. The minimum absolute atomic E-state index is 0.0860. The van der Waals surface area contributed by atoms with Crippen LogP contribution in [0.25, 0.3) is 0 Å². The number of nitrogens with two attached hydrogens (primary N) is 1. The van der Waals surface area contributed by atoms with E-state index >= 15 is 0 Å². The van der Waals surface area contributed by atoms with Gasteiger partial charge in [0.25, 0.3) is 5.92 Å². The van der Waals surface area contributed by atoms with E-state index in [1.807, 2.05) is 0 Å². The van der Waals surface area contributed by atoms with Crippen LogP contribution in [0.2, 0.25) is 0 Å². The number of benzene rings is 1. The van der Waals surface area contributed by atoms with Crippen molar-refractivity contribution in [3.8, 4) is 0 Å². The lowest BCUT2D eigenvalue weighted by molar-refractivity contribution is -0.140. The van der Waals surface area contributed by atoms with Gasteiger partial charge in [-0.1, -0.05) is 6.07 Å². The number of aliphatic hydroxyl groups excluding tert-OH is 1. The Bertz CT molecular complexity index is 431. The van der Waals surface area contributed by atoms with Gasteiger partial charge in [0, 0.05) is 0 Å². The summed E-state index contributed by atoms with van der Waals surface area (Å²) in [6, 6.07) is -1.16. The lowest BCUT2D eigenvalue weighted by Crippen LogP contribution is -2.37. The van der Waals surface area contributed by atoms with Crippen LogP contribution in [-0.4, -0.2) is 17.6 Å². The molecule has 0 bridgehead atoms. The number of rotatable bonds is 3. The Balaban J connectivity index is 3.33. The molecule has 1 aromatic rings. The molecular formula is C10H9F6NO. The standard InChI is InChI=1S/C10H9F6NO/c11-5-1-2-6(7(3-5)10(14,15)16)8(17)9(12,13)4-18/h1-3,8,18H,4,17H2/t8-/m0/s1. The van der Waals surface area contributed by atoms with Crippen LogP contribution in [0.3, 0.4) is 0 Å². The second-order valence-electron chi connectivity index (χ2n) is 3.63. The molecular weight excluding hydrogens is 264 g/mol. The van der Waals surface area contributed by atoms with E-state index in [4.69, 9.17) is 10.8 Å². The van der Waals surface area contributed by atoms with E-state index in [1.54, 1.807) is 0 Å². The van der Waals surface area contributed by atoms with Crippen LogP contribution in [-0.2, 0) is 6.18 Å². The van der Waals surface area contributed by atoms with Crippen molar-refractivity contribution in [3.63, 3.8) is 0 Å². The van der Waals surface area contributed by atoms with Crippen molar-refractivity contribution in [2.45, 2.75) is 18.1 Å². The summed E-state index contributed by atoms with van der Waals surface area (Å²) in [6.45, 7) is -1.71. The Hall–Kier alpha value is -1.28. The summed E-state index contributed by atoms with van der Waals surface area (Å²) >= 11 is 0. The lowest BCUT2D eigenvalue weighted by Gasteiger charge is -2.24. The van der Waals surface area contributed by atoms with Crippen molar-refractivity contribution < 1.29 is 31.4 Å². The van der Waals surface area contributed by atoms with E-state index in [9.17, 15) is 26.3 Å². The first-order valence-corrected chi connectivity index (χ1v) is 4.70. The van der Waals surface area contributed by atoms with E-state index in [-0.39, 0.29) is 6.07 Å². The number of hydrogen-bond donors (Lipinski definition) is 2. The van der Waals surface area contributed by atoms with Crippen LogP contribution in [0.1, 0.15) is 17.2 Å². The molecule has 18 heavy (non-hydrogen) atoms. The highest BCUT2D eigenvalue weighted by atomic mass is 19.4. The van der Waals surface area contributed by atoms with Gasteiger partial charge < -0.3 is 10.8 Å². The van der Waals surface area contributed by atoms with Crippen molar-refractivity contribution in [1.82, 2.24) is 0 Å². The van der Waals surface area contributed by atoms with Gasteiger partial charge in [-0.05, 0) is 17.7 Å². The summed E-state index contributed by atoms with van der Waals surface area (Å²) in [5, 5.41) is 8.39. The molecule has 0 aromatic heterocycles. The molecule has 0 heterocycles. The van der Waals surface area contributed by atoms with E-state index in [0.29, 0.717) is 12.1 Å². The maximum atomic E-state index is 13.1. The molecule has 8 heteroatoms. The third-order valence-corrected chi connectivity index (χ3v) is 2.32. The summed E-state index contributed by atoms with van der Waals surface area (Å²) in [5.41, 5.74) is 2.45. The van der Waals surface area contributed by atoms with Crippen LogP contribution in [0.4, 0.5) is 26.3 Å². The third kappa shape index (κ3) is 2.94. The number of aliphatic hydroxyl groups is 1. The molecule has 0 radical (unpaired) electrons. The average Bonchev–Trinajstić information content (AvgIpc) is 2.27. The quantitative estimate of drug-likeness (QED) is 0.831. The molecule has 0 aliphatic rings. The number of hydrogen-bond acceptors (Lipinski definition) is 2. The van der Waals surface area contributed by atoms with Gasteiger partial charge in [0.15, 0.2) is 0 Å². The summed E-state index contributed by atoms with van der Waals surface area (Å²) in [7, 11) is 0. The van der Waals surface area contributed by atoms with Crippen LogP contribution < -0.4 is 5.73 Å². The van der Waals surface area contributed by atoms with Crippen molar-refractivity contribution in [2.24, 2.45) is 5.73 Å². The third-order valence-electron chi connectivity index (χ3n) is 2.32. The van der Waals surface area contributed by atoms with Crippen LogP contribution >= 0.6 is 0 Å². The van der Waals surface area contributed by atoms with Crippen molar-refractivity contribution in [2.75, 3.05) is 6.61 Å². The van der Waals surface area contributed by atoms with E-state index in [1.165, 1.54) is 0 Å². The highest BCUT2D eigenvalue weighted by Crippen LogP contribution is 2.38. The van der Waals surface area contributed by atoms with E-state index < -0.39 is 41.7 Å². The molecule has 1 aromatic carbocycles. The molecule has 2 nitrogen and oxygen atoms in total. The number of halogens is 6. The van der Waals surface area contributed by atoms with Gasteiger partial charge in [0.05, 0.1) is 11.6 Å². The normalized spacial score (nSPS) is 14.7. The SMILES string of the molecule is N[C@@H](c1ccc(F)cc1C(F)(F)F)C(F)(F)CO. The molecule has 0 aliphatic heterocycles. The summed E-state index contributed by atoms with van der Waals surface area (Å²) in [6.07, 6.45) is -5.01. The molecule has 102 valence electrons. The van der Waals surface area contributed by atoms with Crippen LogP contribution in [0, 0.1) is 5.82 Å². The zero-order valence-electron chi connectivity index (χ0n) is 8.81. The first-order valence-electron chi connectivity index (χ1n) is 4.70. The molecule has 0 saturated heterocycles. The smallest absolute Gasteiger partial charge is 0.390 e. The molecule has 0 unspecified atom stereocenters. The average molecular weight is 273 g/mol. The van der Waals surface area contributed by atoms with E-state index in [2.05, 4.69) is 0 Å². The van der Waals surface area contributed by atoms with Gasteiger partial charge in [0.2, 0.25) is 0 Å². The Morgan fingerprint density at radius 2 is 1.72 bits per heavy atom. The van der Waals surface area contributed by atoms with Gasteiger partial charge in [0.1, 0.15) is 12.4 Å². The first kappa shape index (κ1) is 14.8. The van der Waals surface area contributed by atoms with Gasteiger partial charge in [-0.15, -0.1) is 0 Å². The fraction of sp³-hybridized carbons (Fsp3) is 0.400. The Morgan fingerprint density at radius 3 is 2.17 bits per heavy atom. The highest BCUT2D eigenvalue weighted by Gasteiger charge is 2.43. The van der Waals surface area contributed by atoms with E-state index in [0.717, 1.165) is 0 Å². The lowest BCUT2D eigenvalue weighted by atomic mass is 9.96. The topological polar surface area (TPSA) is 46.2 Å². The summed E-state index contributed by atoms with van der Waals surface area (Å²) in [5.74, 6) is -5.15. The van der Waals surface area contributed by atoms with Gasteiger partial charge in [-0.3, -0.25) is 0 Å². The molecule has 1 atom stereocenters. The zero-order chi connectivity index (χ0) is 14.1. The predicted octanol–water partition coefficient (Wildman–Crippen LogP) is 2.47. The monoisotopic (exact) mass is 273 g/mol.